The summed E-state index contributed by atoms with van der Waals surface area (Å²) in [7, 11) is 0. The van der Waals surface area contributed by atoms with E-state index in [0.29, 0.717) is 0 Å². The maximum Gasteiger partial charge on any atom is 0.100 e. The van der Waals surface area contributed by atoms with E-state index in [4.69, 9.17) is 5.26 Å². The van der Waals surface area contributed by atoms with Crippen LogP contribution in [0.25, 0.3) is 0 Å². The van der Waals surface area contributed by atoms with Gasteiger partial charge < -0.3 is 0 Å². The summed E-state index contributed by atoms with van der Waals surface area (Å²) < 4.78 is 0. The molecule has 0 aliphatic carbocycles. The summed E-state index contributed by atoms with van der Waals surface area (Å²) in [4.78, 5) is 1.05. The summed E-state index contributed by atoms with van der Waals surface area (Å²) in [6.45, 7) is 0. The van der Waals surface area contributed by atoms with Crippen molar-refractivity contribution >= 4 is 11.8 Å². The van der Waals surface area contributed by atoms with Crippen LogP contribution in [0.2, 0.25) is 0 Å². The van der Waals surface area contributed by atoms with Crippen LogP contribution in [-0.2, 0) is 0 Å². The van der Waals surface area contributed by atoms with Crippen LogP contribution in [0, 0.1) is 11.3 Å². The summed E-state index contributed by atoms with van der Waals surface area (Å²) >= 11 is 1.60. The van der Waals surface area contributed by atoms with Gasteiger partial charge in [0.05, 0.1) is 5.56 Å². The van der Waals surface area contributed by atoms with E-state index < -0.39 is 0 Å². The Labute approximate surface area is 64.7 Å². The quantitative estimate of drug-likeness (QED) is 0.572. The minimum atomic E-state index is 0.759. The molecule has 1 aromatic rings. The molecule has 0 saturated carbocycles. The first-order valence-corrected chi connectivity index (χ1v) is 4.14. The van der Waals surface area contributed by atoms with Gasteiger partial charge in [-0.2, -0.15) is 5.26 Å². The standard InChI is InChI=1S/C8H7NS/c1-10-8-5-3-2-4-7(8)6-9/h2-5H,1H3. The predicted octanol–water partition coefficient (Wildman–Crippen LogP) is 2.28. The maximum atomic E-state index is 8.59. The minimum Gasteiger partial charge on any atom is -0.192 e. The lowest BCUT2D eigenvalue weighted by Gasteiger charge is -1.95. The van der Waals surface area contributed by atoms with Gasteiger partial charge in [0.2, 0.25) is 0 Å². The van der Waals surface area contributed by atoms with Crippen molar-refractivity contribution in [2.75, 3.05) is 6.26 Å². The van der Waals surface area contributed by atoms with Gasteiger partial charge in [0, 0.05) is 4.90 Å². The van der Waals surface area contributed by atoms with Gasteiger partial charge >= 0.3 is 0 Å². The first-order chi connectivity index (χ1) is 4.88. The van der Waals surface area contributed by atoms with Crippen molar-refractivity contribution in [2.45, 2.75) is 4.90 Å². The van der Waals surface area contributed by atoms with Crippen molar-refractivity contribution in [3.63, 3.8) is 0 Å². The van der Waals surface area contributed by atoms with Gasteiger partial charge in [-0.3, -0.25) is 0 Å². The van der Waals surface area contributed by atoms with Crippen LogP contribution in [0.5, 0.6) is 0 Å². The second-order valence-corrected chi connectivity index (χ2v) is 2.66. The van der Waals surface area contributed by atoms with Gasteiger partial charge in [0.15, 0.2) is 0 Å². The van der Waals surface area contributed by atoms with Crippen LogP contribution in [0.1, 0.15) is 5.56 Å². The molecular formula is C8H7NS. The fraction of sp³-hybridized carbons (Fsp3) is 0.125. The average Bonchev–Trinajstić information content (AvgIpc) is 2.04. The van der Waals surface area contributed by atoms with Gasteiger partial charge in [-0.05, 0) is 18.4 Å². The first-order valence-electron chi connectivity index (χ1n) is 2.91. The van der Waals surface area contributed by atoms with Crippen molar-refractivity contribution in [2.24, 2.45) is 0 Å². The molecule has 1 aromatic carbocycles. The minimum absolute atomic E-state index is 0.759. The van der Waals surface area contributed by atoms with Gasteiger partial charge in [0.25, 0.3) is 0 Å². The summed E-state index contributed by atoms with van der Waals surface area (Å²) in [5.41, 5.74) is 0.759. The molecule has 0 heterocycles. The number of rotatable bonds is 1. The van der Waals surface area contributed by atoms with Gasteiger partial charge in [-0.1, -0.05) is 12.1 Å². The molecule has 0 radical (unpaired) electrons. The third-order valence-corrected chi connectivity index (χ3v) is 2.02. The topological polar surface area (TPSA) is 23.8 Å². The van der Waals surface area contributed by atoms with E-state index >= 15 is 0 Å². The van der Waals surface area contributed by atoms with Crippen LogP contribution in [-0.4, -0.2) is 6.26 Å². The Morgan fingerprint density at radius 1 is 1.40 bits per heavy atom. The van der Waals surface area contributed by atoms with Gasteiger partial charge in [0.1, 0.15) is 6.07 Å². The summed E-state index contributed by atoms with van der Waals surface area (Å²) in [6.07, 6.45) is 1.97. The van der Waals surface area contributed by atoms with Crippen molar-refractivity contribution in [3.8, 4) is 6.07 Å². The molecule has 0 amide bonds. The second kappa shape index (κ2) is 3.28. The molecule has 0 N–H and O–H groups in total. The van der Waals surface area contributed by atoms with Crippen molar-refractivity contribution in [1.82, 2.24) is 0 Å². The lowest BCUT2D eigenvalue weighted by atomic mass is 10.2. The summed E-state index contributed by atoms with van der Waals surface area (Å²) in [5, 5.41) is 8.59. The fourth-order valence-electron chi connectivity index (χ4n) is 0.737. The highest BCUT2D eigenvalue weighted by Crippen LogP contribution is 2.18. The smallest absolute Gasteiger partial charge is 0.100 e. The van der Waals surface area contributed by atoms with E-state index in [2.05, 4.69) is 6.07 Å². The zero-order valence-electron chi connectivity index (χ0n) is 5.66. The van der Waals surface area contributed by atoms with E-state index in [0.717, 1.165) is 10.5 Å². The van der Waals surface area contributed by atoms with Crippen LogP contribution in [0.4, 0.5) is 0 Å². The van der Waals surface area contributed by atoms with E-state index in [1.54, 1.807) is 11.8 Å². The van der Waals surface area contributed by atoms with Gasteiger partial charge in [-0.25, -0.2) is 0 Å². The number of hydrogen-bond donors (Lipinski definition) is 0. The molecule has 1 rings (SSSR count). The van der Waals surface area contributed by atoms with E-state index in [9.17, 15) is 0 Å². The highest BCUT2D eigenvalue weighted by molar-refractivity contribution is 7.98. The molecule has 10 heavy (non-hydrogen) atoms. The maximum absolute atomic E-state index is 8.59. The van der Waals surface area contributed by atoms with Crippen LogP contribution in [0.15, 0.2) is 29.2 Å². The number of benzene rings is 1. The van der Waals surface area contributed by atoms with Gasteiger partial charge in [-0.15, -0.1) is 11.8 Å². The number of hydrogen-bond acceptors (Lipinski definition) is 2. The second-order valence-electron chi connectivity index (χ2n) is 1.81. The molecule has 50 valence electrons. The Balaban J connectivity index is 3.12. The average molecular weight is 149 g/mol. The summed E-state index contributed by atoms with van der Waals surface area (Å²) in [6, 6.07) is 9.71. The highest BCUT2D eigenvalue weighted by Gasteiger charge is 1.95. The summed E-state index contributed by atoms with van der Waals surface area (Å²) in [5.74, 6) is 0. The van der Waals surface area contributed by atoms with E-state index in [1.807, 2.05) is 30.5 Å². The number of nitrogens with zero attached hydrogens (tertiary/aromatic N) is 1. The molecule has 0 spiro atoms. The van der Waals surface area contributed by atoms with E-state index in [-0.39, 0.29) is 0 Å². The zero-order valence-corrected chi connectivity index (χ0v) is 6.48. The first kappa shape index (κ1) is 7.17. The molecule has 0 aliphatic heterocycles. The van der Waals surface area contributed by atoms with E-state index in [1.165, 1.54) is 0 Å². The number of thioether (sulfide) groups is 1. The SMILES string of the molecule is CSc1ccccc1C#N. The predicted molar refractivity (Wildman–Crippen MR) is 42.9 cm³/mol. The lowest BCUT2D eigenvalue weighted by Crippen LogP contribution is -1.76. The fourth-order valence-corrected chi connectivity index (χ4v) is 1.29. The molecule has 0 bridgehead atoms. The van der Waals surface area contributed by atoms with Crippen molar-refractivity contribution in [3.05, 3.63) is 29.8 Å². The van der Waals surface area contributed by atoms with Crippen LogP contribution >= 0.6 is 11.8 Å². The molecular weight excluding hydrogens is 142 g/mol. The third kappa shape index (κ3) is 1.31. The van der Waals surface area contributed by atoms with Crippen molar-refractivity contribution < 1.29 is 0 Å². The molecule has 2 heteroatoms. The zero-order chi connectivity index (χ0) is 7.40. The Kier molecular flexibility index (Phi) is 2.35. The van der Waals surface area contributed by atoms with Crippen LogP contribution in [0.3, 0.4) is 0 Å². The molecule has 0 atom stereocenters. The largest absolute Gasteiger partial charge is 0.192 e. The molecule has 0 saturated heterocycles. The Hall–Kier alpha value is -0.940. The molecule has 0 aliphatic rings. The normalized spacial score (nSPS) is 8.80. The Bertz CT molecular complexity index is 262. The Morgan fingerprint density at radius 3 is 2.60 bits per heavy atom. The van der Waals surface area contributed by atoms with Crippen molar-refractivity contribution in [1.29, 1.82) is 5.26 Å². The molecule has 0 unspecified atom stereocenters. The molecule has 0 aromatic heterocycles. The third-order valence-electron chi connectivity index (χ3n) is 1.23. The highest BCUT2D eigenvalue weighted by atomic mass is 32.2. The number of nitriles is 1. The van der Waals surface area contributed by atoms with Crippen LogP contribution < -0.4 is 0 Å². The Morgan fingerprint density at radius 2 is 2.10 bits per heavy atom. The molecule has 0 fully saturated rings. The monoisotopic (exact) mass is 149 g/mol. The lowest BCUT2D eigenvalue weighted by molar-refractivity contribution is 1.37. The molecule has 1 nitrogen and oxygen atoms in total.